The lowest BCUT2D eigenvalue weighted by Crippen LogP contribution is -2.34. The zero-order chi connectivity index (χ0) is 14.0. The van der Waals surface area contributed by atoms with Gasteiger partial charge in [0.1, 0.15) is 5.41 Å². The Kier molecular flexibility index (Phi) is 2.57. The zero-order valence-corrected chi connectivity index (χ0v) is 10.4. The van der Waals surface area contributed by atoms with Gasteiger partial charge in [0, 0.05) is 12.8 Å². The number of alkyl halides is 4. The van der Waals surface area contributed by atoms with Crippen molar-refractivity contribution in [2.75, 3.05) is 0 Å². The summed E-state index contributed by atoms with van der Waals surface area (Å²) in [6.07, 6.45) is -0.750. The predicted octanol–water partition coefficient (Wildman–Crippen LogP) is 2.96. The maximum Gasteiger partial charge on any atom is 0.269 e. The van der Waals surface area contributed by atoms with Crippen molar-refractivity contribution in [2.24, 2.45) is 22.5 Å². The van der Waals surface area contributed by atoms with Gasteiger partial charge in [-0.2, -0.15) is 0 Å². The van der Waals surface area contributed by atoms with Crippen LogP contribution in [0.4, 0.5) is 17.6 Å². The highest BCUT2D eigenvalue weighted by molar-refractivity contribution is 5.87. The van der Waals surface area contributed by atoms with Crippen molar-refractivity contribution in [3.05, 3.63) is 0 Å². The maximum atomic E-state index is 14.0. The first-order chi connectivity index (χ1) is 8.01. The third kappa shape index (κ3) is 1.32. The van der Waals surface area contributed by atoms with E-state index < -0.39 is 47.3 Å². The molecule has 18 heavy (non-hydrogen) atoms. The molecule has 2 saturated carbocycles. The van der Waals surface area contributed by atoms with Crippen LogP contribution < -0.4 is 5.73 Å². The van der Waals surface area contributed by atoms with E-state index in [1.54, 1.807) is 0 Å². The van der Waals surface area contributed by atoms with Crippen LogP contribution in [-0.2, 0) is 4.79 Å². The normalized spacial score (nSPS) is 42.6. The number of carbonyl (C=O) groups is 1. The van der Waals surface area contributed by atoms with Gasteiger partial charge in [-0.15, -0.1) is 0 Å². The van der Waals surface area contributed by atoms with Crippen molar-refractivity contribution in [3.8, 4) is 0 Å². The van der Waals surface area contributed by atoms with E-state index in [1.165, 1.54) is 6.92 Å². The van der Waals surface area contributed by atoms with E-state index in [0.29, 0.717) is 0 Å². The van der Waals surface area contributed by atoms with Gasteiger partial charge in [0.15, 0.2) is 0 Å². The van der Waals surface area contributed by atoms with Gasteiger partial charge in [-0.25, -0.2) is 17.6 Å². The maximum absolute atomic E-state index is 14.0. The molecule has 0 heterocycles. The Morgan fingerprint density at radius 1 is 1.11 bits per heavy atom. The summed E-state index contributed by atoms with van der Waals surface area (Å²) in [4.78, 5) is 11.3. The summed E-state index contributed by atoms with van der Waals surface area (Å²) in [5, 5.41) is 0. The smallest absolute Gasteiger partial charge is 0.269 e. The molecule has 0 aromatic rings. The SMILES string of the molecule is CC1(C(N)=O)C(F)(F)C1(C)C1CCC(F)(F)CC1. The van der Waals surface area contributed by atoms with E-state index in [1.807, 2.05) is 0 Å². The van der Waals surface area contributed by atoms with Gasteiger partial charge in [-0.05, 0) is 25.7 Å². The summed E-state index contributed by atoms with van der Waals surface area (Å²) in [5.74, 6) is -7.60. The molecule has 2 atom stereocenters. The Hall–Kier alpha value is -0.810. The van der Waals surface area contributed by atoms with E-state index in [0.717, 1.165) is 6.92 Å². The van der Waals surface area contributed by atoms with E-state index in [-0.39, 0.29) is 12.8 Å². The molecule has 0 radical (unpaired) electrons. The number of rotatable bonds is 2. The van der Waals surface area contributed by atoms with Crippen molar-refractivity contribution in [1.29, 1.82) is 0 Å². The fourth-order valence-corrected chi connectivity index (χ4v) is 3.52. The van der Waals surface area contributed by atoms with Crippen LogP contribution >= 0.6 is 0 Å². The molecule has 2 N–H and O–H groups in total. The van der Waals surface area contributed by atoms with E-state index >= 15 is 0 Å². The van der Waals surface area contributed by atoms with Gasteiger partial charge in [0.2, 0.25) is 11.8 Å². The molecule has 104 valence electrons. The van der Waals surface area contributed by atoms with Gasteiger partial charge >= 0.3 is 0 Å². The summed E-state index contributed by atoms with van der Waals surface area (Å²) in [5.41, 5.74) is 1.59. The summed E-state index contributed by atoms with van der Waals surface area (Å²) in [6, 6.07) is 0. The highest BCUT2D eigenvalue weighted by atomic mass is 19.3. The number of hydrogen-bond acceptors (Lipinski definition) is 1. The lowest BCUT2D eigenvalue weighted by Gasteiger charge is -2.33. The van der Waals surface area contributed by atoms with Crippen molar-refractivity contribution < 1.29 is 22.4 Å². The summed E-state index contributed by atoms with van der Waals surface area (Å²) in [6.45, 7) is 2.44. The average Bonchev–Trinajstić information content (AvgIpc) is 2.60. The number of amides is 1. The van der Waals surface area contributed by atoms with Gasteiger partial charge < -0.3 is 5.73 Å². The summed E-state index contributed by atoms with van der Waals surface area (Å²) < 4.78 is 54.0. The Morgan fingerprint density at radius 3 is 1.89 bits per heavy atom. The molecule has 0 aromatic heterocycles. The third-order valence-electron chi connectivity index (χ3n) is 5.28. The van der Waals surface area contributed by atoms with E-state index in [9.17, 15) is 22.4 Å². The van der Waals surface area contributed by atoms with Gasteiger partial charge in [-0.1, -0.05) is 6.92 Å². The number of primary amides is 1. The van der Waals surface area contributed by atoms with Crippen molar-refractivity contribution in [1.82, 2.24) is 0 Å². The van der Waals surface area contributed by atoms with Crippen molar-refractivity contribution >= 4 is 5.91 Å². The fourth-order valence-electron chi connectivity index (χ4n) is 3.52. The van der Waals surface area contributed by atoms with Crippen LogP contribution in [0.25, 0.3) is 0 Å². The van der Waals surface area contributed by atoms with Crippen molar-refractivity contribution in [2.45, 2.75) is 51.4 Å². The Labute approximate surface area is 103 Å². The van der Waals surface area contributed by atoms with Crippen LogP contribution in [0.3, 0.4) is 0 Å². The van der Waals surface area contributed by atoms with E-state index in [4.69, 9.17) is 5.73 Å². The molecule has 0 saturated heterocycles. The molecule has 2 aliphatic rings. The highest BCUT2D eigenvalue weighted by Gasteiger charge is 2.91. The summed E-state index contributed by atoms with van der Waals surface area (Å²) in [7, 11) is 0. The molecule has 1 amide bonds. The Morgan fingerprint density at radius 2 is 1.56 bits per heavy atom. The predicted molar refractivity (Wildman–Crippen MR) is 57.3 cm³/mol. The monoisotopic (exact) mass is 267 g/mol. The second kappa shape index (κ2) is 3.39. The molecular formula is C12H17F4NO. The quantitative estimate of drug-likeness (QED) is 0.768. The minimum Gasteiger partial charge on any atom is -0.369 e. The lowest BCUT2D eigenvalue weighted by atomic mass is 9.73. The van der Waals surface area contributed by atoms with Crippen LogP contribution in [-0.4, -0.2) is 17.8 Å². The molecule has 2 unspecified atom stereocenters. The first-order valence-corrected chi connectivity index (χ1v) is 6.06. The molecule has 0 spiro atoms. The fraction of sp³-hybridized carbons (Fsp3) is 0.917. The minimum atomic E-state index is -3.21. The van der Waals surface area contributed by atoms with E-state index in [2.05, 4.69) is 0 Å². The molecule has 2 aliphatic carbocycles. The van der Waals surface area contributed by atoms with Gasteiger partial charge in [0.05, 0.1) is 5.41 Å². The Bertz CT molecular complexity index is 388. The molecular weight excluding hydrogens is 250 g/mol. The highest BCUT2D eigenvalue weighted by Crippen LogP contribution is 2.79. The summed E-state index contributed by atoms with van der Waals surface area (Å²) >= 11 is 0. The second-order valence-electron chi connectivity index (χ2n) is 5.90. The Balaban J connectivity index is 2.23. The molecule has 2 fully saturated rings. The molecule has 0 aliphatic heterocycles. The first-order valence-electron chi connectivity index (χ1n) is 6.06. The lowest BCUT2D eigenvalue weighted by molar-refractivity contribution is -0.126. The average molecular weight is 267 g/mol. The van der Waals surface area contributed by atoms with Crippen LogP contribution in [0, 0.1) is 16.7 Å². The second-order valence-corrected chi connectivity index (χ2v) is 5.90. The molecule has 6 heteroatoms. The topological polar surface area (TPSA) is 43.1 Å². The third-order valence-corrected chi connectivity index (χ3v) is 5.28. The molecule has 0 aromatic carbocycles. The van der Waals surface area contributed by atoms with Gasteiger partial charge in [-0.3, -0.25) is 4.79 Å². The molecule has 0 bridgehead atoms. The van der Waals surface area contributed by atoms with Crippen molar-refractivity contribution in [3.63, 3.8) is 0 Å². The number of hydrogen-bond donors (Lipinski definition) is 1. The van der Waals surface area contributed by atoms with Crippen LogP contribution in [0.1, 0.15) is 39.5 Å². The number of halogens is 4. The number of nitrogens with two attached hydrogens (primary N) is 1. The standard InChI is InChI=1S/C12H17F4NO/c1-9(7-3-5-11(13,14)6-4-7)10(2,8(17)18)12(9,15)16/h7H,3-6H2,1-2H3,(H2,17,18). The number of carbonyl (C=O) groups excluding carboxylic acids is 1. The molecule has 2 rings (SSSR count). The first kappa shape index (κ1) is 13.6. The van der Waals surface area contributed by atoms with Crippen LogP contribution in [0.5, 0.6) is 0 Å². The van der Waals surface area contributed by atoms with Crippen LogP contribution in [0.15, 0.2) is 0 Å². The largest absolute Gasteiger partial charge is 0.369 e. The minimum absolute atomic E-state index is 0.0158. The molecule has 2 nitrogen and oxygen atoms in total. The van der Waals surface area contributed by atoms with Crippen LogP contribution in [0.2, 0.25) is 0 Å². The zero-order valence-electron chi connectivity index (χ0n) is 10.4. The van der Waals surface area contributed by atoms with Gasteiger partial charge in [0.25, 0.3) is 5.92 Å².